The number of aryl methyl sites for hydroxylation is 1. The molecule has 0 aromatic carbocycles. The Bertz CT molecular complexity index is 298. The van der Waals surface area contributed by atoms with Crippen molar-refractivity contribution >= 4 is 21.8 Å². The average Bonchev–Trinajstić information content (AvgIpc) is 2.51. The number of hydrogen-bond acceptors (Lipinski definition) is 3. The van der Waals surface area contributed by atoms with Crippen molar-refractivity contribution in [2.75, 3.05) is 18.9 Å². The van der Waals surface area contributed by atoms with Crippen molar-refractivity contribution in [1.29, 1.82) is 0 Å². The molecule has 0 atom stereocenters. The van der Waals surface area contributed by atoms with E-state index in [1.165, 1.54) is 0 Å². The molecule has 0 aliphatic rings. The Morgan fingerprint density at radius 2 is 2.46 bits per heavy atom. The summed E-state index contributed by atoms with van der Waals surface area (Å²) in [6.45, 7) is 2.43. The number of nitrogens with zero attached hydrogens (tertiary/aromatic N) is 2. The van der Waals surface area contributed by atoms with Crippen LogP contribution in [0.15, 0.2) is 10.6 Å². The van der Waals surface area contributed by atoms with Gasteiger partial charge in [0.2, 0.25) is 5.76 Å². The fourth-order valence-corrected chi connectivity index (χ4v) is 1.41. The molecule has 0 saturated heterocycles. The van der Waals surface area contributed by atoms with Gasteiger partial charge in [0, 0.05) is 25.0 Å². The van der Waals surface area contributed by atoms with Crippen molar-refractivity contribution in [2.24, 2.45) is 0 Å². The first-order valence-corrected chi connectivity index (χ1v) is 5.02. The van der Waals surface area contributed by atoms with Crippen LogP contribution in [0.2, 0.25) is 0 Å². The Morgan fingerprint density at radius 3 is 2.92 bits per heavy atom. The molecule has 0 aliphatic heterocycles. The molecule has 1 aromatic rings. The van der Waals surface area contributed by atoms with Crippen molar-refractivity contribution in [3.05, 3.63) is 17.5 Å². The number of aromatic nitrogens is 1. The first-order valence-electron chi connectivity index (χ1n) is 3.90. The molecule has 0 spiro atoms. The predicted molar refractivity (Wildman–Crippen MR) is 52.0 cm³/mol. The van der Waals surface area contributed by atoms with E-state index in [-0.39, 0.29) is 5.91 Å². The van der Waals surface area contributed by atoms with Crippen molar-refractivity contribution in [3.63, 3.8) is 0 Å². The highest BCUT2D eigenvalue weighted by atomic mass is 79.9. The highest BCUT2D eigenvalue weighted by Crippen LogP contribution is 2.05. The molecular weight excluding hydrogens is 236 g/mol. The van der Waals surface area contributed by atoms with Crippen LogP contribution in [0.1, 0.15) is 16.2 Å². The largest absolute Gasteiger partial charge is 0.351 e. The zero-order valence-electron chi connectivity index (χ0n) is 7.58. The second kappa shape index (κ2) is 4.41. The summed E-state index contributed by atoms with van der Waals surface area (Å²) in [5, 5.41) is 4.40. The minimum absolute atomic E-state index is 0.139. The molecule has 5 heteroatoms. The minimum Gasteiger partial charge on any atom is -0.351 e. The van der Waals surface area contributed by atoms with Gasteiger partial charge < -0.3 is 9.42 Å². The van der Waals surface area contributed by atoms with Gasteiger partial charge >= 0.3 is 0 Å². The fraction of sp³-hybridized carbons (Fsp3) is 0.500. The number of halogens is 1. The lowest BCUT2D eigenvalue weighted by Crippen LogP contribution is -2.28. The standard InChI is InChI=1S/C8H11BrN2O2/c1-6-5-7(13-10-6)8(12)11(2)4-3-9/h5H,3-4H2,1-2H3. The van der Waals surface area contributed by atoms with Crippen LogP contribution in [-0.2, 0) is 0 Å². The van der Waals surface area contributed by atoms with Gasteiger partial charge in [-0.25, -0.2) is 0 Å². The van der Waals surface area contributed by atoms with Crippen molar-refractivity contribution in [2.45, 2.75) is 6.92 Å². The van der Waals surface area contributed by atoms with Crippen LogP contribution in [0, 0.1) is 6.92 Å². The minimum atomic E-state index is -0.139. The third kappa shape index (κ3) is 2.55. The van der Waals surface area contributed by atoms with Crippen LogP contribution in [0.5, 0.6) is 0 Å². The van der Waals surface area contributed by atoms with E-state index in [2.05, 4.69) is 21.1 Å². The summed E-state index contributed by atoms with van der Waals surface area (Å²) in [5.41, 5.74) is 0.718. The Hall–Kier alpha value is -0.840. The van der Waals surface area contributed by atoms with E-state index in [0.717, 1.165) is 11.0 Å². The van der Waals surface area contributed by atoms with E-state index in [9.17, 15) is 4.79 Å². The van der Waals surface area contributed by atoms with Crippen LogP contribution < -0.4 is 0 Å². The number of alkyl halides is 1. The van der Waals surface area contributed by atoms with Gasteiger partial charge in [-0.2, -0.15) is 0 Å². The van der Waals surface area contributed by atoms with E-state index >= 15 is 0 Å². The molecule has 0 fully saturated rings. The smallest absolute Gasteiger partial charge is 0.292 e. The van der Waals surface area contributed by atoms with Gasteiger partial charge in [-0.3, -0.25) is 4.79 Å². The summed E-state index contributed by atoms with van der Waals surface area (Å²) >= 11 is 3.26. The molecule has 0 unspecified atom stereocenters. The number of carbonyl (C=O) groups is 1. The van der Waals surface area contributed by atoms with Crippen LogP contribution >= 0.6 is 15.9 Å². The SMILES string of the molecule is Cc1cc(C(=O)N(C)CCBr)on1. The number of hydrogen-bond donors (Lipinski definition) is 0. The molecule has 0 saturated carbocycles. The number of carbonyl (C=O) groups excluding carboxylic acids is 1. The van der Waals surface area contributed by atoms with E-state index in [1.54, 1.807) is 24.9 Å². The molecule has 0 aliphatic carbocycles. The average molecular weight is 247 g/mol. The highest BCUT2D eigenvalue weighted by Gasteiger charge is 2.15. The second-order valence-corrected chi connectivity index (χ2v) is 3.54. The fourth-order valence-electron chi connectivity index (χ4n) is 0.881. The number of rotatable bonds is 3. The molecule has 13 heavy (non-hydrogen) atoms. The lowest BCUT2D eigenvalue weighted by atomic mass is 10.3. The van der Waals surface area contributed by atoms with E-state index < -0.39 is 0 Å². The third-order valence-electron chi connectivity index (χ3n) is 1.61. The van der Waals surface area contributed by atoms with Crippen LogP contribution in [0.25, 0.3) is 0 Å². The quantitative estimate of drug-likeness (QED) is 0.759. The van der Waals surface area contributed by atoms with Crippen molar-refractivity contribution < 1.29 is 9.32 Å². The maximum Gasteiger partial charge on any atom is 0.292 e. The molecule has 72 valence electrons. The Kier molecular flexibility index (Phi) is 3.48. The van der Waals surface area contributed by atoms with E-state index in [0.29, 0.717) is 12.3 Å². The van der Waals surface area contributed by atoms with Gasteiger partial charge in [0.15, 0.2) is 0 Å². The summed E-state index contributed by atoms with van der Waals surface area (Å²) in [6.07, 6.45) is 0. The molecular formula is C8H11BrN2O2. The summed E-state index contributed by atoms with van der Waals surface area (Å²) in [6, 6.07) is 1.63. The maximum atomic E-state index is 11.5. The summed E-state index contributed by atoms with van der Waals surface area (Å²) in [4.78, 5) is 13.1. The Morgan fingerprint density at radius 1 is 1.77 bits per heavy atom. The maximum absolute atomic E-state index is 11.5. The third-order valence-corrected chi connectivity index (χ3v) is 1.96. The normalized spacial score (nSPS) is 10.1. The zero-order valence-corrected chi connectivity index (χ0v) is 9.17. The summed E-state index contributed by atoms with van der Waals surface area (Å²) < 4.78 is 4.84. The van der Waals surface area contributed by atoms with Crippen LogP contribution in [-0.4, -0.2) is 34.9 Å². The van der Waals surface area contributed by atoms with Gasteiger partial charge in [0.05, 0.1) is 5.69 Å². The first kappa shape index (κ1) is 10.2. The van der Waals surface area contributed by atoms with Gasteiger partial charge in [-0.1, -0.05) is 21.1 Å². The number of amides is 1. The summed E-state index contributed by atoms with van der Waals surface area (Å²) in [5.74, 6) is 0.154. The van der Waals surface area contributed by atoms with Gasteiger partial charge in [0.1, 0.15) is 0 Å². The lowest BCUT2D eigenvalue weighted by molar-refractivity contribution is 0.0763. The molecule has 1 amide bonds. The van der Waals surface area contributed by atoms with E-state index in [4.69, 9.17) is 4.52 Å². The molecule has 1 heterocycles. The molecule has 1 rings (SSSR count). The monoisotopic (exact) mass is 246 g/mol. The second-order valence-electron chi connectivity index (χ2n) is 2.75. The molecule has 0 bridgehead atoms. The van der Waals surface area contributed by atoms with Crippen molar-refractivity contribution in [1.82, 2.24) is 10.1 Å². The highest BCUT2D eigenvalue weighted by molar-refractivity contribution is 9.09. The molecule has 0 radical (unpaired) electrons. The first-order chi connectivity index (χ1) is 6.15. The van der Waals surface area contributed by atoms with Gasteiger partial charge in [-0.05, 0) is 6.92 Å². The van der Waals surface area contributed by atoms with Crippen LogP contribution in [0.4, 0.5) is 0 Å². The Balaban J connectivity index is 2.67. The van der Waals surface area contributed by atoms with Crippen molar-refractivity contribution in [3.8, 4) is 0 Å². The predicted octanol–water partition coefficient (Wildman–Crippen LogP) is 1.45. The van der Waals surface area contributed by atoms with Gasteiger partial charge in [-0.15, -0.1) is 0 Å². The Labute approximate surface area is 85.0 Å². The topological polar surface area (TPSA) is 46.3 Å². The van der Waals surface area contributed by atoms with Crippen LogP contribution in [0.3, 0.4) is 0 Å². The molecule has 0 N–H and O–H groups in total. The lowest BCUT2D eigenvalue weighted by Gasteiger charge is -2.12. The zero-order chi connectivity index (χ0) is 9.84. The van der Waals surface area contributed by atoms with Gasteiger partial charge in [0.25, 0.3) is 5.91 Å². The van der Waals surface area contributed by atoms with E-state index in [1.807, 2.05) is 0 Å². The molecule has 4 nitrogen and oxygen atoms in total. The summed E-state index contributed by atoms with van der Waals surface area (Å²) in [7, 11) is 1.72. The molecule has 1 aromatic heterocycles.